The number of amides is 1. The van der Waals surface area contributed by atoms with E-state index < -0.39 is 15.9 Å². The van der Waals surface area contributed by atoms with Gasteiger partial charge in [0.25, 0.3) is 15.9 Å². The highest BCUT2D eigenvalue weighted by Crippen LogP contribution is 2.26. The van der Waals surface area contributed by atoms with Gasteiger partial charge in [-0.1, -0.05) is 12.1 Å². The van der Waals surface area contributed by atoms with Crippen molar-refractivity contribution < 1.29 is 22.5 Å². The van der Waals surface area contributed by atoms with Crippen molar-refractivity contribution in [3.05, 3.63) is 64.3 Å². The number of nitrogens with one attached hydrogen (secondary N) is 3. The third kappa shape index (κ3) is 6.76. The van der Waals surface area contributed by atoms with Gasteiger partial charge in [-0.3, -0.25) is 14.8 Å². The Morgan fingerprint density at radius 2 is 1.91 bits per heavy atom. The summed E-state index contributed by atoms with van der Waals surface area (Å²) in [6.45, 7) is 4.24. The van der Waals surface area contributed by atoms with E-state index in [9.17, 15) is 13.2 Å². The van der Waals surface area contributed by atoms with Gasteiger partial charge in [-0.15, -0.1) is 0 Å². The molecular formula is C21H21BrN4O5S2. The molecule has 0 saturated carbocycles. The van der Waals surface area contributed by atoms with Crippen molar-refractivity contribution >= 4 is 60.7 Å². The molecule has 0 bridgehead atoms. The maximum Gasteiger partial charge on any atom is 0.263 e. The summed E-state index contributed by atoms with van der Waals surface area (Å²) < 4.78 is 38.3. The summed E-state index contributed by atoms with van der Waals surface area (Å²) in [5, 5.41) is 9.11. The molecule has 0 fully saturated rings. The molecule has 0 aliphatic heterocycles. The molecule has 174 valence electrons. The van der Waals surface area contributed by atoms with Gasteiger partial charge in [0.2, 0.25) is 0 Å². The number of benzene rings is 2. The van der Waals surface area contributed by atoms with Gasteiger partial charge in [0, 0.05) is 17.3 Å². The number of nitrogens with zero attached hydrogens (tertiary/aromatic N) is 1. The highest BCUT2D eigenvalue weighted by atomic mass is 79.9. The molecule has 0 saturated heterocycles. The van der Waals surface area contributed by atoms with E-state index in [1.165, 1.54) is 30.3 Å². The number of aromatic nitrogens is 1. The van der Waals surface area contributed by atoms with E-state index in [1.807, 2.05) is 6.92 Å². The third-order valence-electron chi connectivity index (χ3n) is 4.17. The first kappa shape index (κ1) is 24.7. The normalized spacial score (nSPS) is 11.0. The number of hydrogen-bond acceptors (Lipinski definition) is 7. The second-order valence-corrected chi connectivity index (χ2v) is 9.80. The van der Waals surface area contributed by atoms with Crippen LogP contribution in [0.3, 0.4) is 0 Å². The van der Waals surface area contributed by atoms with Gasteiger partial charge in [0.05, 0.1) is 16.0 Å². The molecule has 0 unspecified atom stereocenters. The lowest BCUT2D eigenvalue weighted by atomic mass is 10.2. The molecule has 3 N–H and O–H groups in total. The first-order chi connectivity index (χ1) is 15.7. The lowest BCUT2D eigenvalue weighted by Crippen LogP contribution is -2.34. The molecule has 1 heterocycles. The van der Waals surface area contributed by atoms with Crippen molar-refractivity contribution in [3.8, 4) is 5.75 Å². The second kappa shape index (κ2) is 10.8. The minimum Gasteiger partial charge on any atom is -0.492 e. The number of halogens is 1. The Morgan fingerprint density at radius 3 is 2.52 bits per heavy atom. The summed E-state index contributed by atoms with van der Waals surface area (Å²) >= 11 is 8.59. The van der Waals surface area contributed by atoms with Gasteiger partial charge in [-0.05, 0) is 84.0 Å². The minimum absolute atomic E-state index is 0.0267. The fraction of sp³-hybridized carbons (Fsp3) is 0.190. The Labute approximate surface area is 205 Å². The van der Waals surface area contributed by atoms with E-state index in [0.717, 1.165) is 6.42 Å². The third-order valence-corrected chi connectivity index (χ3v) is 6.37. The van der Waals surface area contributed by atoms with Crippen molar-refractivity contribution in [2.24, 2.45) is 0 Å². The average Bonchev–Trinajstić information content (AvgIpc) is 3.16. The van der Waals surface area contributed by atoms with Crippen LogP contribution < -0.4 is 20.1 Å². The molecule has 9 nitrogen and oxygen atoms in total. The van der Waals surface area contributed by atoms with Crippen LogP contribution in [-0.4, -0.2) is 31.2 Å². The van der Waals surface area contributed by atoms with E-state index in [0.29, 0.717) is 33.8 Å². The van der Waals surface area contributed by atoms with Crippen molar-refractivity contribution in [1.29, 1.82) is 0 Å². The highest BCUT2D eigenvalue weighted by molar-refractivity contribution is 9.10. The number of anilines is 2. The number of sulfonamides is 1. The van der Waals surface area contributed by atoms with Gasteiger partial charge < -0.3 is 14.6 Å². The minimum atomic E-state index is -3.83. The highest BCUT2D eigenvalue weighted by Gasteiger charge is 2.16. The zero-order chi connectivity index (χ0) is 24.0. The molecule has 1 aromatic heterocycles. The zero-order valence-corrected chi connectivity index (χ0v) is 20.9. The molecular weight excluding hydrogens is 532 g/mol. The largest absolute Gasteiger partial charge is 0.492 e. The van der Waals surface area contributed by atoms with Crippen LogP contribution in [0, 0.1) is 6.92 Å². The molecule has 0 aliphatic rings. The molecule has 12 heteroatoms. The number of carbonyl (C=O) groups is 1. The van der Waals surface area contributed by atoms with Crippen LogP contribution in [-0.2, 0) is 10.0 Å². The van der Waals surface area contributed by atoms with E-state index in [4.69, 9.17) is 21.5 Å². The molecule has 33 heavy (non-hydrogen) atoms. The maximum atomic E-state index is 12.5. The number of carbonyl (C=O) groups excluding carboxylic acids is 1. The van der Waals surface area contributed by atoms with Crippen LogP contribution in [0.1, 0.15) is 29.5 Å². The number of hydrogen-bond donors (Lipinski definition) is 3. The Morgan fingerprint density at radius 1 is 1.18 bits per heavy atom. The SMILES string of the molecule is CCCOc1ccc(C(=O)NC(=S)Nc2ccc(S(=O)(=O)Nc3cc(C)on3)cc2)cc1Br. The summed E-state index contributed by atoms with van der Waals surface area (Å²) in [4.78, 5) is 12.5. The standard InChI is InChI=1S/C21H21BrN4O5S2/c1-3-10-30-18-9-4-14(12-17(18)22)20(27)24-21(32)23-15-5-7-16(8-6-15)33(28,29)26-19-11-13(2)31-25-19/h4-9,11-12H,3,10H2,1-2H3,(H,25,26)(H2,23,24,27,32). The smallest absolute Gasteiger partial charge is 0.263 e. The fourth-order valence-corrected chi connectivity index (χ4v) is 4.32. The molecule has 0 atom stereocenters. The van der Waals surface area contributed by atoms with Crippen LogP contribution in [0.25, 0.3) is 0 Å². The summed E-state index contributed by atoms with van der Waals surface area (Å²) in [7, 11) is -3.83. The molecule has 2 aromatic carbocycles. The van der Waals surface area contributed by atoms with Gasteiger partial charge in [0.1, 0.15) is 11.5 Å². The Hall–Kier alpha value is -2.96. The molecule has 0 aliphatic carbocycles. The lowest BCUT2D eigenvalue weighted by Gasteiger charge is -2.12. The summed E-state index contributed by atoms with van der Waals surface area (Å²) in [6, 6.07) is 12.3. The van der Waals surface area contributed by atoms with Gasteiger partial charge in [-0.25, -0.2) is 8.42 Å². The number of ether oxygens (including phenoxy) is 1. The van der Waals surface area contributed by atoms with Crippen LogP contribution in [0.5, 0.6) is 5.75 Å². The van der Waals surface area contributed by atoms with Crippen molar-refractivity contribution in [2.75, 3.05) is 16.6 Å². The zero-order valence-electron chi connectivity index (χ0n) is 17.7. The van der Waals surface area contributed by atoms with E-state index in [-0.39, 0.29) is 15.8 Å². The fourth-order valence-electron chi connectivity index (χ4n) is 2.64. The summed E-state index contributed by atoms with van der Waals surface area (Å²) in [6.07, 6.45) is 0.874. The predicted molar refractivity (Wildman–Crippen MR) is 132 cm³/mol. The lowest BCUT2D eigenvalue weighted by molar-refractivity contribution is 0.0977. The van der Waals surface area contributed by atoms with E-state index in [2.05, 4.69) is 36.4 Å². The monoisotopic (exact) mass is 552 g/mol. The quantitative estimate of drug-likeness (QED) is 0.350. The Balaban J connectivity index is 1.59. The molecule has 1 amide bonds. The van der Waals surface area contributed by atoms with Gasteiger partial charge in [-0.2, -0.15) is 0 Å². The number of rotatable bonds is 8. The second-order valence-electron chi connectivity index (χ2n) is 6.85. The van der Waals surface area contributed by atoms with Crippen LogP contribution in [0.15, 0.2) is 62.4 Å². The average molecular weight is 553 g/mol. The van der Waals surface area contributed by atoms with E-state index >= 15 is 0 Å². The molecule has 3 rings (SSSR count). The number of aryl methyl sites for hydroxylation is 1. The Kier molecular flexibility index (Phi) is 8.06. The van der Waals surface area contributed by atoms with Crippen molar-refractivity contribution in [2.45, 2.75) is 25.2 Å². The van der Waals surface area contributed by atoms with Crippen molar-refractivity contribution in [1.82, 2.24) is 10.5 Å². The molecule has 3 aromatic rings. The van der Waals surface area contributed by atoms with Crippen LogP contribution in [0.2, 0.25) is 0 Å². The molecule has 0 spiro atoms. The van der Waals surface area contributed by atoms with Crippen molar-refractivity contribution in [3.63, 3.8) is 0 Å². The number of thiocarbonyl (C=S) groups is 1. The predicted octanol–water partition coefficient (Wildman–Crippen LogP) is 4.46. The van der Waals surface area contributed by atoms with E-state index in [1.54, 1.807) is 25.1 Å². The molecule has 0 radical (unpaired) electrons. The Bertz CT molecular complexity index is 1260. The summed E-state index contributed by atoms with van der Waals surface area (Å²) in [5.41, 5.74) is 0.895. The first-order valence-corrected chi connectivity index (χ1v) is 12.5. The first-order valence-electron chi connectivity index (χ1n) is 9.79. The van der Waals surface area contributed by atoms with Crippen LogP contribution in [0.4, 0.5) is 11.5 Å². The van der Waals surface area contributed by atoms with Gasteiger partial charge in [0.15, 0.2) is 10.9 Å². The topological polar surface area (TPSA) is 123 Å². The summed E-state index contributed by atoms with van der Waals surface area (Å²) in [5.74, 6) is 0.824. The van der Waals surface area contributed by atoms with Gasteiger partial charge >= 0.3 is 0 Å². The maximum absolute atomic E-state index is 12.5. The van der Waals surface area contributed by atoms with Crippen LogP contribution >= 0.6 is 28.1 Å².